The van der Waals surface area contributed by atoms with Crippen LogP contribution in [0.15, 0.2) is 23.0 Å². The van der Waals surface area contributed by atoms with Crippen molar-refractivity contribution < 1.29 is 13.9 Å². The number of furan rings is 1. The molecule has 0 aliphatic carbocycles. The van der Waals surface area contributed by atoms with Crippen LogP contribution in [0.1, 0.15) is 6.92 Å². The highest BCUT2D eigenvalue weighted by atomic mass is 16.5. The molecule has 0 spiro atoms. The molecule has 4 heteroatoms. The maximum atomic E-state index is 10.7. The van der Waals surface area contributed by atoms with E-state index in [2.05, 4.69) is 10.1 Å². The molecule has 1 amide bonds. The highest BCUT2D eigenvalue weighted by Crippen LogP contribution is 2.06. The van der Waals surface area contributed by atoms with Crippen LogP contribution in [0.2, 0.25) is 0 Å². The van der Waals surface area contributed by atoms with Gasteiger partial charge in [-0.3, -0.25) is 5.32 Å². The number of hydrogen-bond acceptors (Lipinski definition) is 3. The fourth-order valence-electron chi connectivity index (χ4n) is 0.621. The van der Waals surface area contributed by atoms with Gasteiger partial charge in [0.15, 0.2) is 0 Å². The molecular formula is C7H9NO3. The molecule has 1 N–H and O–H groups in total. The number of carbonyl (C=O) groups is 1. The van der Waals surface area contributed by atoms with Gasteiger partial charge in [0.25, 0.3) is 0 Å². The zero-order chi connectivity index (χ0) is 8.10. The number of rotatable bonds is 2. The highest BCUT2D eigenvalue weighted by Gasteiger charge is 2.00. The molecule has 4 nitrogen and oxygen atoms in total. The maximum Gasteiger partial charge on any atom is 0.411 e. The van der Waals surface area contributed by atoms with Gasteiger partial charge in [-0.1, -0.05) is 0 Å². The van der Waals surface area contributed by atoms with Gasteiger partial charge in [0.05, 0.1) is 18.6 Å². The zero-order valence-electron chi connectivity index (χ0n) is 6.16. The van der Waals surface area contributed by atoms with E-state index in [1.165, 1.54) is 12.5 Å². The Balaban J connectivity index is 2.37. The van der Waals surface area contributed by atoms with E-state index in [0.717, 1.165) is 0 Å². The Hall–Kier alpha value is -1.45. The summed E-state index contributed by atoms with van der Waals surface area (Å²) in [7, 11) is 0. The van der Waals surface area contributed by atoms with E-state index in [9.17, 15) is 4.79 Å². The SMILES string of the molecule is CCOC(=O)Nc1ccoc1. The van der Waals surface area contributed by atoms with Crippen molar-refractivity contribution in [3.05, 3.63) is 18.6 Å². The van der Waals surface area contributed by atoms with Crippen LogP contribution in [0.3, 0.4) is 0 Å². The van der Waals surface area contributed by atoms with Gasteiger partial charge in [0.2, 0.25) is 0 Å². The summed E-state index contributed by atoms with van der Waals surface area (Å²) < 4.78 is 9.35. The van der Waals surface area contributed by atoms with Crippen LogP contribution in [0.5, 0.6) is 0 Å². The van der Waals surface area contributed by atoms with E-state index >= 15 is 0 Å². The molecular weight excluding hydrogens is 146 g/mol. The summed E-state index contributed by atoms with van der Waals surface area (Å²) >= 11 is 0. The number of carbonyl (C=O) groups excluding carboxylic acids is 1. The second-order valence-electron chi connectivity index (χ2n) is 1.86. The molecule has 0 aliphatic heterocycles. The molecule has 0 bridgehead atoms. The minimum absolute atomic E-state index is 0.365. The summed E-state index contributed by atoms with van der Waals surface area (Å²) in [4.78, 5) is 10.7. The first-order valence-corrected chi connectivity index (χ1v) is 3.29. The van der Waals surface area contributed by atoms with Crippen molar-refractivity contribution in [2.24, 2.45) is 0 Å². The fourth-order valence-corrected chi connectivity index (χ4v) is 0.621. The van der Waals surface area contributed by atoms with Crippen LogP contribution in [-0.4, -0.2) is 12.7 Å². The number of ether oxygens (including phenoxy) is 1. The summed E-state index contributed by atoms with van der Waals surface area (Å²) in [5, 5.41) is 2.47. The Labute approximate surface area is 64.1 Å². The second kappa shape index (κ2) is 3.65. The molecule has 1 aromatic heterocycles. The molecule has 0 radical (unpaired) electrons. The van der Waals surface area contributed by atoms with Crippen LogP contribution < -0.4 is 5.32 Å². The van der Waals surface area contributed by atoms with E-state index in [1.807, 2.05) is 0 Å². The van der Waals surface area contributed by atoms with Gasteiger partial charge in [-0.25, -0.2) is 4.79 Å². The molecule has 1 aromatic rings. The first-order chi connectivity index (χ1) is 5.33. The molecule has 0 saturated carbocycles. The highest BCUT2D eigenvalue weighted by molar-refractivity contribution is 5.84. The van der Waals surface area contributed by atoms with Crippen LogP contribution >= 0.6 is 0 Å². The summed E-state index contributed by atoms with van der Waals surface area (Å²) in [6.45, 7) is 2.11. The topological polar surface area (TPSA) is 51.5 Å². The lowest BCUT2D eigenvalue weighted by Crippen LogP contribution is -2.12. The lowest BCUT2D eigenvalue weighted by Gasteiger charge is -2.00. The quantitative estimate of drug-likeness (QED) is 0.709. The minimum Gasteiger partial charge on any atom is -0.470 e. The summed E-state index contributed by atoms with van der Waals surface area (Å²) in [6, 6.07) is 1.64. The van der Waals surface area contributed by atoms with Crippen molar-refractivity contribution in [1.29, 1.82) is 0 Å². The van der Waals surface area contributed by atoms with Crippen molar-refractivity contribution in [1.82, 2.24) is 0 Å². The zero-order valence-corrected chi connectivity index (χ0v) is 6.16. The van der Waals surface area contributed by atoms with E-state index in [4.69, 9.17) is 4.42 Å². The first-order valence-electron chi connectivity index (χ1n) is 3.29. The molecule has 0 aromatic carbocycles. The average molecular weight is 155 g/mol. The Kier molecular flexibility index (Phi) is 2.54. The lowest BCUT2D eigenvalue weighted by molar-refractivity contribution is 0.168. The van der Waals surface area contributed by atoms with Crippen LogP contribution in [0.4, 0.5) is 10.5 Å². The Morgan fingerprint density at radius 1 is 1.82 bits per heavy atom. The Bertz CT molecular complexity index is 218. The molecule has 11 heavy (non-hydrogen) atoms. The largest absolute Gasteiger partial charge is 0.470 e. The van der Waals surface area contributed by atoms with Crippen molar-refractivity contribution >= 4 is 11.8 Å². The molecule has 0 atom stereocenters. The first kappa shape index (κ1) is 7.65. The van der Waals surface area contributed by atoms with Crippen LogP contribution in [-0.2, 0) is 4.74 Å². The maximum absolute atomic E-state index is 10.7. The number of anilines is 1. The van der Waals surface area contributed by atoms with Crippen molar-refractivity contribution in [2.45, 2.75) is 6.92 Å². The third-order valence-electron chi connectivity index (χ3n) is 1.04. The van der Waals surface area contributed by atoms with Gasteiger partial charge in [0.1, 0.15) is 6.26 Å². The minimum atomic E-state index is -0.464. The summed E-state index contributed by atoms with van der Waals surface area (Å²) in [5.74, 6) is 0. The van der Waals surface area contributed by atoms with E-state index < -0.39 is 6.09 Å². The van der Waals surface area contributed by atoms with Gasteiger partial charge < -0.3 is 9.15 Å². The fraction of sp³-hybridized carbons (Fsp3) is 0.286. The third kappa shape index (κ3) is 2.33. The number of nitrogens with one attached hydrogen (secondary N) is 1. The van der Waals surface area contributed by atoms with E-state index in [1.54, 1.807) is 13.0 Å². The molecule has 1 heterocycles. The summed E-state index contributed by atoms with van der Waals surface area (Å²) in [6.07, 6.45) is 2.44. The molecule has 0 fully saturated rings. The smallest absolute Gasteiger partial charge is 0.411 e. The Morgan fingerprint density at radius 3 is 3.18 bits per heavy atom. The normalized spacial score (nSPS) is 9.18. The van der Waals surface area contributed by atoms with Gasteiger partial charge in [-0.2, -0.15) is 0 Å². The standard InChI is InChI=1S/C7H9NO3/c1-2-11-7(9)8-6-3-4-10-5-6/h3-5H,2H2,1H3,(H,8,9). The summed E-state index contributed by atoms with van der Waals surface area (Å²) in [5.41, 5.74) is 0.600. The Morgan fingerprint density at radius 2 is 2.64 bits per heavy atom. The predicted octanol–water partition coefficient (Wildman–Crippen LogP) is 1.85. The van der Waals surface area contributed by atoms with Crippen LogP contribution in [0.25, 0.3) is 0 Å². The van der Waals surface area contributed by atoms with Gasteiger partial charge in [-0.05, 0) is 6.92 Å². The molecule has 0 saturated heterocycles. The number of amides is 1. The van der Waals surface area contributed by atoms with Gasteiger partial charge in [-0.15, -0.1) is 0 Å². The molecule has 1 rings (SSSR count). The van der Waals surface area contributed by atoms with E-state index in [0.29, 0.717) is 12.3 Å². The molecule has 60 valence electrons. The lowest BCUT2D eigenvalue weighted by atomic mass is 10.5. The van der Waals surface area contributed by atoms with Crippen molar-refractivity contribution in [2.75, 3.05) is 11.9 Å². The van der Waals surface area contributed by atoms with Gasteiger partial charge in [0, 0.05) is 6.07 Å². The third-order valence-corrected chi connectivity index (χ3v) is 1.04. The second-order valence-corrected chi connectivity index (χ2v) is 1.86. The number of hydrogen-bond donors (Lipinski definition) is 1. The molecule has 0 aliphatic rings. The van der Waals surface area contributed by atoms with Crippen LogP contribution in [0, 0.1) is 0 Å². The molecule has 0 unspecified atom stereocenters. The average Bonchev–Trinajstić information content (AvgIpc) is 2.40. The predicted molar refractivity (Wildman–Crippen MR) is 39.4 cm³/mol. The van der Waals surface area contributed by atoms with E-state index in [-0.39, 0.29) is 0 Å². The van der Waals surface area contributed by atoms with Crippen molar-refractivity contribution in [3.8, 4) is 0 Å². The van der Waals surface area contributed by atoms with Gasteiger partial charge >= 0.3 is 6.09 Å². The van der Waals surface area contributed by atoms with Crippen molar-refractivity contribution in [3.63, 3.8) is 0 Å². The monoisotopic (exact) mass is 155 g/mol.